The molecule has 0 saturated heterocycles. The largest absolute Gasteiger partial charge is 0.398 e. The maximum Gasteiger partial charge on any atom is 0.224 e. The maximum atomic E-state index is 11.9. The van der Waals surface area contributed by atoms with E-state index < -0.39 is 0 Å². The van der Waals surface area contributed by atoms with E-state index in [1.807, 2.05) is 32.2 Å². The van der Waals surface area contributed by atoms with Crippen LogP contribution in [0.3, 0.4) is 0 Å². The normalized spacial score (nSPS) is 12.4. The number of carbonyl (C=O) groups is 1. The van der Waals surface area contributed by atoms with Crippen molar-refractivity contribution in [3.05, 3.63) is 23.8 Å². The number of amides is 1. The van der Waals surface area contributed by atoms with Gasteiger partial charge in [0.15, 0.2) is 0 Å². The maximum absolute atomic E-state index is 11.9. The molecule has 5 nitrogen and oxygen atoms in total. The second-order valence-electron chi connectivity index (χ2n) is 5.61. The Morgan fingerprint density at radius 2 is 2.14 bits per heavy atom. The number of nitrogens with two attached hydrogens (primary N) is 1. The van der Waals surface area contributed by atoms with Crippen molar-refractivity contribution in [1.82, 2.24) is 4.90 Å². The van der Waals surface area contributed by atoms with Crippen molar-refractivity contribution in [3.63, 3.8) is 0 Å². The Morgan fingerprint density at radius 1 is 1.43 bits per heavy atom. The lowest BCUT2D eigenvalue weighted by Crippen LogP contribution is -2.24. The summed E-state index contributed by atoms with van der Waals surface area (Å²) in [6.07, 6.45) is 1.75. The molecule has 0 saturated carbocycles. The summed E-state index contributed by atoms with van der Waals surface area (Å²) >= 11 is 0. The molecule has 1 unspecified atom stereocenters. The van der Waals surface area contributed by atoms with Crippen LogP contribution in [-0.2, 0) is 4.79 Å². The van der Waals surface area contributed by atoms with E-state index in [2.05, 4.69) is 10.2 Å². The minimum absolute atomic E-state index is 0.00706. The fourth-order valence-electron chi connectivity index (χ4n) is 2.03. The third-order valence-electron chi connectivity index (χ3n) is 3.52. The summed E-state index contributed by atoms with van der Waals surface area (Å²) in [5, 5.41) is 12.1. The highest BCUT2D eigenvalue weighted by Gasteiger charge is 2.07. The number of nitrogen functional groups attached to an aromatic ring is 1. The van der Waals surface area contributed by atoms with E-state index in [0.717, 1.165) is 37.2 Å². The molecule has 0 aliphatic heterocycles. The van der Waals surface area contributed by atoms with Crippen molar-refractivity contribution in [3.8, 4) is 0 Å². The van der Waals surface area contributed by atoms with Gasteiger partial charge in [0.1, 0.15) is 0 Å². The van der Waals surface area contributed by atoms with Gasteiger partial charge in [0.25, 0.3) is 0 Å². The predicted octanol–water partition coefficient (Wildman–Crippen LogP) is 2.00. The van der Waals surface area contributed by atoms with Gasteiger partial charge in [-0.05, 0) is 58.0 Å². The second-order valence-corrected chi connectivity index (χ2v) is 5.61. The van der Waals surface area contributed by atoms with Gasteiger partial charge in [0.05, 0.1) is 6.10 Å². The highest BCUT2D eigenvalue weighted by molar-refractivity contribution is 5.92. The number of hydrogen-bond acceptors (Lipinski definition) is 4. The SMILES string of the molecule is Cc1c(N)cccc1NC(=O)CCCN(C)CCC(C)O. The van der Waals surface area contributed by atoms with E-state index in [1.54, 1.807) is 6.92 Å². The number of hydrogen-bond donors (Lipinski definition) is 3. The molecule has 1 aromatic rings. The third kappa shape index (κ3) is 6.60. The van der Waals surface area contributed by atoms with Crippen molar-refractivity contribution >= 4 is 17.3 Å². The highest BCUT2D eigenvalue weighted by atomic mass is 16.3. The van der Waals surface area contributed by atoms with E-state index in [1.165, 1.54) is 0 Å². The molecule has 0 spiro atoms. The summed E-state index contributed by atoms with van der Waals surface area (Å²) in [5.41, 5.74) is 8.18. The molecule has 0 aliphatic carbocycles. The average molecular weight is 293 g/mol. The van der Waals surface area contributed by atoms with Crippen molar-refractivity contribution in [1.29, 1.82) is 0 Å². The molecule has 0 radical (unpaired) electrons. The molecule has 1 aromatic carbocycles. The summed E-state index contributed by atoms with van der Waals surface area (Å²) in [7, 11) is 2.00. The summed E-state index contributed by atoms with van der Waals surface area (Å²) in [5.74, 6) is 0.00706. The van der Waals surface area contributed by atoms with E-state index in [-0.39, 0.29) is 12.0 Å². The lowest BCUT2D eigenvalue weighted by molar-refractivity contribution is -0.116. The fourth-order valence-corrected chi connectivity index (χ4v) is 2.03. The summed E-state index contributed by atoms with van der Waals surface area (Å²) in [6, 6.07) is 5.52. The Morgan fingerprint density at radius 3 is 2.81 bits per heavy atom. The quantitative estimate of drug-likeness (QED) is 0.641. The monoisotopic (exact) mass is 293 g/mol. The summed E-state index contributed by atoms with van der Waals surface area (Å²) in [4.78, 5) is 14.0. The van der Waals surface area contributed by atoms with Gasteiger partial charge in [-0.2, -0.15) is 0 Å². The molecule has 0 aromatic heterocycles. The van der Waals surface area contributed by atoms with Crippen molar-refractivity contribution in [2.75, 3.05) is 31.2 Å². The molecule has 118 valence electrons. The molecule has 0 fully saturated rings. The molecule has 0 heterocycles. The predicted molar refractivity (Wildman–Crippen MR) is 87.2 cm³/mol. The number of nitrogens with zero attached hydrogens (tertiary/aromatic N) is 1. The molecular weight excluding hydrogens is 266 g/mol. The van der Waals surface area contributed by atoms with Gasteiger partial charge in [-0.3, -0.25) is 4.79 Å². The first-order valence-electron chi connectivity index (χ1n) is 7.41. The fraction of sp³-hybridized carbons (Fsp3) is 0.562. The topological polar surface area (TPSA) is 78.6 Å². The minimum atomic E-state index is -0.276. The lowest BCUT2D eigenvalue weighted by Gasteiger charge is -2.17. The van der Waals surface area contributed by atoms with E-state index in [4.69, 9.17) is 5.73 Å². The van der Waals surface area contributed by atoms with Crippen LogP contribution in [-0.4, -0.2) is 42.2 Å². The van der Waals surface area contributed by atoms with Gasteiger partial charge in [-0.15, -0.1) is 0 Å². The zero-order valence-corrected chi connectivity index (χ0v) is 13.2. The van der Waals surface area contributed by atoms with E-state index in [0.29, 0.717) is 12.1 Å². The van der Waals surface area contributed by atoms with Crippen molar-refractivity contribution < 1.29 is 9.90 Å². The number of nitrogens with one attached hydrogen (secondary N) is 1. The van der Waals surface area contributed by atoms with Gasteiger partial charge in [0, 0.05) is 24.3 Å². The standard InChI is InChI=1S/C16H27N3O2/c1-12(20)9-11-19(3)10-5-8-16(21)18-15-7-4-6-14(17)13(15)2/h4,6-7,12,20H,5,8-11,17H2,1-3H3,(H,18,21). The highest BCUT2D eigenvalue weighted by Crippen LogP contribution is 2.20. The Balaban J connectivity index is 2.30. The molecule has 21 heavy (non-hydrogen) atoms. The first-order chi connectivity index (χ1) is 9.90. The van der Waals surface area contributed by atoms with Crippen LogP contribution in [0.2, 0.25) is 0 Å². The van der Waals surface area contributed by atoms with Gasteiger partial charge in [-0.1, -0.05) is 6.07 Å². The van der Waals surface area contributed by atoms with Gasteiger partial charge in [0.2, 0.25) is 5.91 Å². The Kier molecular flexibility index (Phi) is 7.19. The zero-order valence-electron chi connectivity index (χ0n) is 13.2. The van der Waals surface area contributed by atoms with Crippen LogP contribution in [0.25, 0.3) is 0 Å². The van der Waals surface area contributed by atoms with Crippen LogP contribution < -0.4 is 11.1 Å². The number of aliphatic hydroxyl groups is 1. The first-order valence-corrected chi connectivity index (χ1v) is 7.41. The lowest BCUT2D eigenvalue weighted by atomic mass is 10.1. The number of anilines is 2. The van der Waals surface area contributed by atoms with Crippen LogP contribution in [0.5, 0.6) is 0 Å². The van der Waals surface area contributed by atoms with Crippen LogP contribution in [0, 0.1) is 6.92 Å². The van der Waals surface area contributed by atoms with Gasteiger partial charge < -0.3 is 21.1 Å². The van der Waals surface area contributed by atoms with Gasteiger partial charge >= 0.3 is 0 Å². The van der Waals surface area contributed by atoms with Crippen molar-refractivity contribution in [2.45, 2.75) is 39.2 Å². The van der Waals surface area contributed by atoms with Crippen LogP contribution in [0.4, 0.5) is 11.4 Å². The summed E-state index contributed by atoms with van der Waals surface area (Å²) < 4.78 is 0. The second kappa shape index (κ2) is 8.64. The van der Waals surface area contributed by atoms with E-state index >= 15 is 0 Å². The first kappa shape index (κ1) is 17.5. The molecule has 5 heteroatoms. The molecule has 0 bridgehead atoms. The molecule has 0 aliphatic rings. The molecule has 1 amide bonds. The Hall–Kier alpha value is -1.59. The van der Waals surface area contributed by atoms with Crippen LogP contribution >= 0.6 is 0 Å². The molecular formula is C16H27N3O2. The Labute approximate surface area is 127 Å². The average Bonchev–Trinajstić information content (AvgIpc) is 2.41. The van der Waals surface area contributed by atoms with E-state index in [9.17, 15) is 9.90 Å². The molecule has 4 N–H and O–H groups in total. The third-order valence-corrected chi connectivity index (χ3v) is 3.52. The minimum Gasteiger partial charge on any atom is -0.398 e. The van der Waals surface area contributed by atoms with Crippen LogP contribution in [0.1, 0.15) is 31.7 Å². The van der Waals surface area contributed by atoms with Crippen molar-refractivity contribution in [2.24, 2.45) is 0 Å². The zero-order chi connectivity index (χ0) is 15.8. The Bertz CT molecular complexity index is 461. The van der Waals surface area contributed by atoms with Gasteiger partial charge in [-0.25, -0.2) is 0 Å². The smallest absolute Gasteiger partial charge is 0.224 e. The number of aliphatic hydroxyl groups excluding tert-OH is 1. The summed E-state index contributed by atoms with van der Waals surface area (Å²) in [6.45, 7) is 5.37. The van der Waals surface area contributed by atoms with Crippen LogP contribution in [0.15, 0.2) is 18.2 Å². The number of carbonyl (C=O) groups excluding carboxylic acids is 1. The number of benzene rings is 1. The molecule has 1 atom stereocenters. The molecule has 1 rings (SSSR count). The number of rotatable bonds is 8.